The van der Waals surface area contributed by atoms with Crippen LogP contribution in [0.4, 0.5) is 5.13 Å². The molecule has 150 valence electrons. The summed E-state index contributed by atoms with van der Waals surface area (Å²) in [6.45, 7) is 3.69. The van der Waals surface area contributed by atoms with Crippen LogP contribution < -0.4 is 5.32 Å². The van der Waals surface area contributed by atoms with E-state index in [-0.39, 0.29) is 5.69 Å². The number of benzene rings is 2. The van der Waals surface area contributed by atoms with Gasteiger partial charge in [0, 0.05) is 16.3 Å². The van der Waals surface area contributed by atoms with Gasteiger partial charge in [0.2, 0.25) is 0 Å². The number of fused-ring (bicyclic) bond motifs is 1. The van der Waals surface area contributed by atoms with Crippen LogP contribution in [0.3, 0.4) is 0 Å². The highest BCUT2D eigenvalue weighted by Crippen LogP contribution is 2.26. The molecule has 0 aliphatic heterocycles. The van der Waals surface area contributed by atoms with Crippen LogP contribution in [0.15, 0.2) is 60.0 Å². The first-order chi connectivity index (χ1) is 14.5. The summed E-state index contributed by atoms with van der Waals surface area (Å²) in [5, 5.41) is 5.92. The molecule has 30 heavy (non-hydrogen) atoms. The SMILES string of the molecule is Cc1ccc(-c2csc(NC(=O)COC(=O)c3ccc4ccccc4n3)n2)cc1C. The molecule has 6 nitrogen and oxygen atoms in total. The Morgan fingerprint density at radius 2 is 1.83 bits per heavy atom. The summed E-state index contributed by atoms with van der Waals surface area (Å²) < 4.78 is 5.09. The Kier molecular flexibility index (Phi) is 5.54. The van der Waals surface area contributed by atoms with Crippen LogP contribution >= 0.6 is 11.3 Å². The van der Waals surface area contributed by atoms with Crippen molar-refractivity contribution in [3.05, 3.63) is 76.8 Å². The predicted molar refractivity (Wildman–Crippen MR) is 118 cm³/mol. The van der Waals surface area contributed by atoms with Crippen molar-refractivity contribution in [1.82, 2.24) is 9.97 Å². The van der Waals surface area contributed by atoms with Crippen molar-refractivity contribution in [2.75, 3.05) is 11.9 Å². The molecule has 0 spiro atoms. The topological polar surface area (TPSA) is 81.2 Å². The second-order valence-electron chi connectivity index (χ2n) is 6.85. The molecule has 0 aliphatic rings. The van der Waals surface area contributed by atoms with Gasteiger partial charge in [0.15, 0.2) is 11.7 Å². The lowest BCUT2D eigenvalue weighted by molar-refractivity contribution is -0.119. The summed E-state index contributed by atoms with van der Waals surface area (Å²) in [4.78, 5) is 33.1. The van der Waals surface area contributed by atoms with Crippen molar-refractivity contribution in [2.24, 2.45) is 0 Å². The number of nitrogens with zero attached hydrogens (tertiary/aromatic N) is 2. The number of nitrogens with one attached hydrogen (secondary N) is 1. The van der Waals surface area contributed by atoms with Gasteiger partial charge in [-0.05, 0) is 43.2 Å². The van der Waals surface area contributed by atoms with Crippen molar-refractivity contribution in [1.29, 1.82) is 0 Å². The maximum atomic E-state index is 12.2. The summed E-state index contributed by atoms with van der Waals surface area (Å²) in [6, 6.07) is 17.0. The number of aryl methyl sites for hydroxylation is 2. The van der Waals surface area contributed by atoms with Gasteiger partial charge in [-0.1, -0.05) is 36.4 Å². The highest BCUT2D eigenvalue weighted by atomic mass is 32.1. The fraction of sp³-hybridized carbons (Fsp3) is 0.130. The largest absolute Gasteiger partial charge is 0.451 e. The Balaban J connectivity index is 1.36. The average molecular weight is 417 g/mol. The molecule has 0 radical (unpaired) electrons. The van der Waals surface area contributed by atoms with E-state index < -0.39 is 18.5 Å². The minimum Gasteiger partial charge on any atom is -0.451 e. The van der Waals surface area contributed by atoms with Gasteiger partial charge in [-0.2, -0.15) is 0 Å². The minimum atomic E-state index is -0.647. The van der Waals surface area contributed by atoms with Gasteiger partial charge in [-0.3, -0.25) is 10.1 Å². The third kappa shape index (κ3) is 4.36. The first kappa shape index (κ1) is 19.7. The minimum absolute atomic E-state index is 0.160. The first-order valence-electron chi connectivity index (χ1n) is 9.35. The molecule has 7 heteroatoms. The molecule has 0 bridgehead atoms. The number of carbonyl (C=O) groups is 2. The number of ether oxygens (including phenoxy) is 1. The van der Waals surface area contributed by atoms with Gasteiger partial charge in [0.1, 0.15) is 5.69 Å². The molecule has 0 saturated carbocycles. The van der Waals surface area contributed by atoms with Crippen LogP contribution in [0.5, 0.6) is 0 Å². The van der Waals surface area contributed by atoms with Crippen LogP contribution in [0.2, 0.25) is 0 Å². The Morgan fingerprint density at radius 1 is 1.00 bits per heavy atom. The third-order valence-electron chi connectivity index (χ3n) is 4.70. The second kappa shape index (κ2) is 8.42. The van der Waals surface area contributed by atoms with E-state index in [0.29, 0.717) is 10.6 Å². The van der Waals surface area contributed by atoms with Crippen molar-refractivity contribution in [3.8, 4) is 11.3 Å². The van der Waals surface area contributed by atoms with E-state index >= 15 is 0 Å². The number of anilines is 1. The number of amides is 1. The molecule has 4 rings (SSSR count). The lowest BCUT2D eigenvalue weighted by atomic mass is 10.1. The molecule has 1 amide bonds. The number of hydrogen-bond acceptors (Lipinski definition) is 6. The maximum absolute atomic E-state index is 12.2. The van der Waals surface area contributed by atoms with Crippen molar-refractivity contribution < 1.29 is 14.3 Å². The molecule has 2 aromatic carbocycles. The van der Waals surface area contributed by atoms with Crippen LogP contribution in [0.25, 0.3) is 22.2 Å². The van der Waals surface area contributed by atoms with Gasteiger partial charge in [-0.25, -0.2) is 14.8 Å². The predicted octanol–water partition coefficient (Wildman–Crippen LogP) is 4.77. The van der Waals surface area contributed by atoms with Crippen molar-refractivity contribution in [3.63, 3.8) is 0 Å². The molecule has 0 unspecified atom stereocenters. The Hall–Kier alpha value is -3.58. The van der Waals surface area contributed by atoms with Gasteiger partial charge in [0.25, 0.3) is 5.91 Å². The van der Waals surface area contributed by atoms with Crippen LogP contribution in [-0.4, -0.2) is 28.5 Å². The normalized spacial score (nSPS) is 10.7. The van der Waals surface area contributed by atoms with E-state index in [0.717, 1.165) is 16.6 Å². The number of pyridine rings is 1. The number of carbonyl (C=O) groups excluding carboxylic acids is 2. The fourth-order valence-electron chi connectivity index (χ4n) is 2.90. The molecule has 0 fully saturated rings. The molecular weight excluding hydrogens is 398 g/mol. The highest BCUT2D eigenvalue weighted by molar-refractivity contribution is 7.14. The highest BCUT2D eigenvalue weighted by Gasteiger charge is 2.14. The van der Waals surface area contributed by atoms with Crippen LogP contribution in [0.1, 0.15) is 21.6 Å². The van der Waals surface area contributed by atoms with E-state index in [2.05, 4.69) is 28.3 Å². The monoisotopic (exact) mass is 417 g/mol. The van der Waals surface area contributed by atoms with Gasteiger partial charge in [-0.15, -0.1) is 11.3 Å². The van der Waals surface area contributed by atoms with Crippen molar-refractivity contribution >= 4 is 39.2 Å². The summed E-state index contributed by atoms with van der Waals surface area (Å²) in [6.07, 6.45) is 0. The number of esters is 1. The van der Waals surface area contributed by atoms with E-state index in [9.17, 15) is 9.59 Å². The van der Waals surface area contributed by atoms with E-state index in [1.54, 1.807) is 12.1 Å². The van der Waals surface area contributed by atoms with E-state index in [4.69, 9.17) is 4.74 Å². The molecular formula is C23H19N3O3S. The lowest BCUT2D eigenvalue weighted by Gasteiger charge is -2.05. The Labute approximate surface area is 177 Å². The molecule has 2 aromatic heterocycles. The lowest BCUT2D eigenvalue weighted by Crippen LogP contribution is -2.21. The maximum Gasteiger partial charge on any atom is 0.357 e. The first-order valence-corrected chi connectivity index (χ1v) is 10.2. The quantitative estimate of drug-likeness (QED) is 0.473. The molecule has 1 N–H and O–H groups in total. The zero-order valence-corrected chi connectivity index (χ0v) is 17.3. The number of para-hydroxylation sites is 1. The van der Waals surface area contributed by atoms with E-state index in [1.807, 2.05) is 48.7 Å². The van der Waals surface area contributed by atoms with E-state index in [1.165, 1.54) is 22.5 Å². The Morgan fingerprint density at radius 3 is 2.67 bits per heavy atom. The van der Waals surface area contributed by atoms with Crippen LogP contribution in [0, 0.1) is 13.8 Å². The molecule has 4 aromatic rings. The van der Waals surface area contributed by atoms with Crippen molar-refractivity contribution in [2.45, 2.75) is 13.8 Å². The van der Waals surface area contributed by atoms with Gasteiger partial charge < -0.3 is 4.74 Å². The smallest absolute Gasteiger partial charge is 0.357 e. The molecule has 0 atom stereocenters. The standard InChI is InChI=1S/C23H19N3O3S/c1-14-7-8-17(11-15(14)2)20-13-30-23(25-20)26-21(27)12-29-22(28)19-10-9-16-5-3-4-6-18(16)24-19/h3-11,13H,12H2,1-2H3,(H,25,26,27). The zero-order chi connectivity index (χ0) is 21.1. The zero-order valence-electron chi connectivity index (χ0n) is 16.5. The van der Waals surface area contributed by atoms with Gasteiger partial charge >= 0.3 is 5.97 Å². The van der Waals surface area contributed by atoms with Crippen LogP contribution in [-0.2, 0) is 9.53 Å². The summed E-state index contributed by atoms with van der Waals surface area (Å²) in [5.74, 6) is -1.10. The summed E-state index contributed by atoms with van der Waals surface area (Å²) >= 11 is 1.32. The third-order valence-corrected chi connectivity index (χ3v) is 5.45. The number of aromatic nitrogens is 2. The fourth-order valence-corrected chi connectivity index (χ4v) is 3.64. The van der Waals surface area contributed by atoms with Gasteiger partial charge in [0.05, 0.1) is 11.2 Å². The molecule has 0 saturated heterocycles. The molecule has 0 aliphatic carbocycles. The number of rotatable bonds is 5. The number of thiazole rings is 1. The summed E-state index contributed by atoms with van der Waals surface area (Å²) in [5.41, 5.74) is 5.02. The number of hydrogen-bond donors (Lipinski definition) is 1. The second-order valence-corrected chi connectivity index (χ2v) is 7.71. The molecule has 2 heterocycles. The summed E-state index contributed by atoms with van der Waals surface area (Å²) in [7, 11) is 0. The Bertz CT molecular complexity index is 1250. The average Bonchev–Trinajstić information content (AvgIpc) is 3.22.